The number of hydrogen-bond acceptors (Lipinski definition) is 5. The van der Waals surface area contributed by atoms with Crippen molar-refractivity contribution in [2.24, 2.45) is 0 Å². The highest BCUT2D eigenvalue weighted by atomic mass is 35.5. The maximum absolute atomic E-state index is 12.2. The van der Waals surface area contributed by atoms with Gasteiger partial charge in [-0.2, -0.15) is 5.26 Å². The number of nitrogens with one attached hydrogen (secondary N) is 1. The van der Waals surface area contributed by atoms with Crippen LogP contribution in [0, 0.1) is 11.3 Å². The van der Waals surface area contributed by atoms with E-state index in [0.717, 1.165) is 5.56 Å². The first kappa shape index (κ1) is 18.1. The minimum absolute atomic E-state index is 0.0367. The Bertz CT molecular complexity index is 1030. The number of rotatable bonds is 5. The Balaban J connectivity index is 2.00. The number of thioether (sulfide) groups is 1. The molecule has 0 fully saturated rings. The van der Waals surface area contributed by atoms with E-state index in [-0.39, 0.29) is 5.56 Å². The summed E-state index contributed by atoms with van der Waals surface area (Å²) in [5, 5.41) is 10.5. The van der Waals surface area contributed by atoms with Crippen LogP contribution in [-0.4, -0.2) is 16.2 Å². The molecule has 0 aliphatic rings. The second-order valence-electron chi connectivity index (χ2n) is 5.32. The molecule has 3 aromatic rings. The van der Waals surface area contributed by atoms with Crippen LogP contribution >= 0.6 is 23.4 Å². The van der Waals surface area contributed by atoms with Gasteiger partial charge in [-0.25, -0.2) is 4.98 Å². The van der Waals surface area contributed by atoms with Crippen LogP contribution in [0.15, 0.2) is 58.5 Å². The van der Waals surface area contributed by atoms with E-state index in [0.29, 0.717) is 33.8 Å². The van der Waals surface area contributed by atoms with Crippen LogP contribution in [0.1, 0.15) is 11.1 Å². The van der Waals surface area contributed by atoms with Gasteiger partial charge in [-0.05, 0) is 36.1 Å². The first-order valence-electron chi connectivity index (χ1n) is 7.67. The third kappa shape index (κ3) is 3.90. The molecule has 1 heterocycles. The number of aromatic nitrogens is 2. The number of hydrogen-bond donors (Lipinski definition) is 1. The molecule has 0 aliphatic carbocycles. The van der Waals surface area contributed by atoms with Crippen LogP contribution in [0.4, 0.5) is 0 Å². The van der Waals surface area contributed by atoms with E-state index in [1.165, 1.54) is 11.8 Å². The summed E-state index contributed by atoms with van der Waals surface area (Å²) in [6, 6.07) is 16.5. The SMILES string of the molecule is CSc1nc(-c2ccccc2OCc2ccc(Cl)cc2)c(C#N)c(=O)[nH]1. The van der Waals surface area contributed by atoms with E-state index in [1.54, 1.807) is 30.5 Å². The molecule has 2 aromatic carbocycles. The molecule has 0 saturated carbocycles. The lowest BCUT2D eigenvalue weighted by Gasteiger charge is -2.12. The van der Waals surface area contributed by atoms with Crippen molar-refractivity contribution in [3.05, 3.63) is 75.0 Å². The maximum atomic E-state index is 12.2. The van der Waals surface area contributed by atoms with Gasteiger partial charge < -0.3 is 9.72 Å². The molecule has 3 rings (SSSR count). The highest BCUT2D eigenvalue weighted by Gasteiger charge is 2.16. The second kappa shape index (κ2) is 8.09. The van der Waals surface area contributed by atoms with Crippen molar-refractivity contribution >= 4 is 23.4 Å². The van der Waals surface area contributed by atoms with E-state index in [4.69, 9.17) is 16.3 Å². The van der Waals surface area contributed by atoms with Crippen LogP contribution in [-0.2, 0) is 6.61 Å². The van der Waals surface area contributed by atoms with Gasteiger partial charge in [0.1, 0.15) is 29.7 Å². The van der Waals surface area contributed by atoms with Gasteiger partial charge in [-0.15, -0.1) is 0 Å². The summed E-state index contributed by atoms with van der Waals surface area (Å²) in [6.07, 6.45) is 1.80. The van der Waals surface area contributed by atoms with Gasteiger partial charge in [-0.3, -0.25) is 4.79 Å². The zero-order valence-corrected chi connectivity index (χ0v) is 15.4. The number of nitrogens with zero attached hydrogens (tertiary/aromatic N) is 2. The van der Waals surface area contributed by atoms with E-state index >= 15 is 0 Å². The van der Waals surface area contributed by atoms with E-state index < -0.39 is 5.56 Å². The van der Waals surface area contributed by atoms with Crippen molar-refractivity contribution in [3.63, 3.8) is 0 Å². The molecule has 0 saturated heterocycles. The fraction of sp³-hybridized carbons (Fsp3) is 0.105. The van der Waals surface area contributed by atoms with Gasteiger partial charge in [0.25, 0.3) is 5.56 Å². The van der Waals surface area contributed by atoms with Gasteiger partial charge in [0.05, 0.1) is 0 Å². The summed E-state index contributed by atoms with van der Waals surface area (Å²) in [6.45, 7) is 0.328. The van der Waals surface area contributed by atoms with Gasteiger partial charge in [-0.1, -0.05) is 47.6 Å². The summed E-state index contributed by atoms with van der Waals surface area (Å²) in [5.41, 5.74) is 1.36. The quantitative estimate of drug-likeness (QED) is 0.526. The Kier molecular flexibility index (Phi) is 5.61. The molecular formula is C19H14ClN3O2S. The number of aromatic amines is 1. The van der Waals surface area contributed by atoms with Gasteiger partial charge in [0.2, 0.25) is 0 Å². The summed E-state index contributed by atoms with van der Waals surface area (Å²) in [7, 11) is 0. The summed E-state index contributed by atoms with van der Waals surface area (Å²) < 4.78 is 5.92. The Labute approximate surface area is 159 Å². The van der Waals surface area contributed by atoms with E-state index in [1.807, 2.05) is 30.3 Å². The predicted molar refractivity (Wildman–Crippen MR) is 103 cm³/mol. The van der Waals surface area contributed by atoms with Crippen LogP contribution < -0.4 is 10.3 Å². The molecule has 0 atom stereocenters. The highest BCUT2D eigenvalue weighted by molar-refractivity contribution is 7.98. The smallest absolute Gasteiger partial charge is 0.270 e. The normalized spacial score (nSPS) is 10.3. The molecule has 0 amide bonds. The molecule has 0 bridgehead atoms. The van der Waals surface area contributed by atoms with Crippen LogP contribution in [0.25, 0.3) is 11.3 Å². The molecule has 0 spiro atoms. The Morgan fingerprint density at radius 1 is 1.23 bits per heavy atom. The lowest BCUT2D eigenvalue weighted by atomic mass is 10.1. The topological polar surface area (TPSA) is 78.8 Å². The van der Waals surface area contributed by atoms with Crippen molar-refractivity contribution < 1.29 is 4.74 Å². The average Bonchev–Trinajstić information content (AvgIpc) is 2.67. The fourth-order valence-corrected chi connectivity index (χ4v) is 2.88. The molecule has 130 valence electrons. The number of para-hydroxylation sites is 1. The Morgan fingerprint density at radius 2 is 1.96 bits per heavy atom. The maximum Gasteiger partial charge on any atom is 0.270 e. The van der Waals surface area contributed by atoms with Crippen molar-refractivity contribution in [2.75, 3.05) is 6.26 Å². The van der Waals surface area contributed by atoms with Gasteiger partial charge in [0, 0.05) is 10.6 Å². The van der Waals surface area contributed by atoms with Crippen LogP contribution in [0.5, 0.6) is 5.75 Å². The monoisotopic (exact) mass is 383 g/mol. The zero-order chi connectivity index (χ0) is 18.5. The average molecular weight is 384 g/mol. The minimum atomic E-state index is -0.464. The number of ether oxygens (including phenoxy) is 1. The number of halogens is 1. The summed E-state index contributed by atoms with van der Waals surface area (Å²) in [5.74, 6) is 0.545. The summed E-state index contributed by atoms with van der Waals surface area (Å²) in [4.78, 5) is 19.2. The van der Waals surface area contributed by atoms with E-state index in [2.05, 4.69) is 9.97 Å². The lowest BCUT2D eigenvalue weighted by Crippen LogP contribution is -2.15. The molecular weight excluding hydrogens is 370 g/mol. The minimum Gasteiger partial charge on any atom is -0.488 e. The molecule has 26 heavy (non-hydrogen) atoms. The second-order valence-corrected chi connectivity index (χ2v) is 6.55. The molecule has 0 aliphatic heterocycles. The molecule has 0 radical (unpaired) electrons. The Morgan fingerprint density at radius 3 is 2.65 bits per heavy atom. The van der Waals surface area contributed by atoms with Crippen molar-refractivity contribution in [2.45, 2.75) is 11.8 Å². The number of H-pyrrole nitrogens is 1. The zero-order valence-electron chi connectivity index (χ0n) is 13.8. The highest BCUT2D eigenvalue weighted by Crippen LogP contribution is 2.31. The van der Waals surface area contributed by atoms with Gasteiger partial charge >= 0.3 is 0 Å². The van der Waals surface area contributed by atoms with Crippen molar-refractivity contribution in [3.8, 4) is 23.1 Å². The molecule has 0 unspecified atom stereocenters. The number of benzene rings is 2. The first-order valence-corrected chi connectivity index (χ1v) is 9.27. The first-order chi connectivity index (χ1) is 12.6. The lowest BCUT2D eigenvalue weighted by molar-refractivity contribution is 0.307. The van der Waals surface area contributed by atoms with Gasteiger partial charge in [0.15, 0.2) is 5.16 Å². The van der Waals surface area contributed by atoms with E-state index in [9.17, 15) is 10.1 Å². The van der Waals surface area contributed by atoms with Crippen molar-refractivity contribution in [1.29, 1.82) is 5.26 Å². The molecule has 1 N–H and O–H groups in total. The third-order valence-corrected chi connectivity index (χ3v) is 4.48. The van der Waals surface area contributed by atoms with Crippen LogP contribution in [0.3, 0.4) is 0 Å². The predicted octanol–water partition coefficient (Wildman–Crippen LogP) is 4.26. The summed E-state index contributed by atoms with van der Waals surface area (Å²) >= 11 is 7.20. The Hall–Kier alpha value is -2.75. The standard InChI is InChI=1S/C19H14ClN3O2S/c1-26-19-22-17(15(10-21)18(24)23-19)14-4-2-3-5-16(14)25-11-12-6-8-13(20)9-7-12/h2-9H,11H2,1H3,(H,22,23,24). The third-order valence-electron chi connectivity index (χ3n) is 3.65. The van der Waals surface area contributed by atoms with Crippen molar-refractivity contribution in [1.82, 2.24) is 9.97 Å². The molecule has 7 heteroatoms. The molecule has 5 nitrogen and oxygen atoms in total. The fourth-order valence-electron chi connectivity index (χ4n) is 2.38. The largest absolute Gasteiger partial charge is 0.488 e. The van der Waals surface area contributed by atoms with Crippen LogP contribution in [0.2, 0.25) is 5.02 Å². The number of nitriles is 1. The molecule has 1 aromatic heterocycles.